The van der Waals surface area contributed by atoms with Crippen LogP contribution in [0.2, 0.25) is 0 Å². The van der Waals surface area contributed by atoms with Gasteiger partial charge in [-0.3, -0.25) is 4.79 Å². The van der Waals surface area contributed by atoms with Gasteiger partial charge in [-0.2, -0.15) is 0 Å². The van der Waals surface area contributed by atoms with E-state index in [0.717, 1.165) is 25.4 Å². The molecule has 4 heteroatoms. The van der Waals surface area contributed by atoms with Gasteiger partial charge in [-0.05, 0) is 50.0 Å². The third-order valence-electron chi connectivity index (χ3n) is 4.51. The van der Waals surface area contributed by atoms with E-state index in [0.29, 0.717) is 17.9 Å². The molecule has 0 spiro atoms. The van der Waals surface area contributed by atoms with Crippen LogP contribution in [0.5, 0.6) is 0 Å². The summed E-state index contributed by atoms with van der Waals surface area (Å²) in [7, 11) is 0. The molecular weight excluding hydrogens is 260 g/mol. The molecule has 1 unspecified atom stereocenters. The summed E-state index contributed by atoms with van der Waals surface area (Å²) in [5.74, 6) is 0.975. The highest BCUT2D eigenvalue weighted by molar-refractivity contribution is 5.85. The van der Waals surface area contributed by atoms with Crippen molar-refractivity contribution < 1.29 is 4.79 Å². The molecule has 1 heterocycles. The molecule has 0 aromatic rings. The first-order valence-corrected chi connectivity index (χ1v) is 7.60. The van der Waals surface area contributed by atoms with Gasteiger partial charge >= 0.3 is 0 Å². The zero-order chi connectivity index (χ0) is 13.0. The Morgan fingerprint density at radius 3 is 2.58 bits per heavy atom. The van der Waals surface area contributed by atoms with Gasteiger partial charge in [-0.1, -0.05) is 20.3 Å². The van der Waals surface area contributed by atoms with Crippen molar-refractivity contribution in [3.8, 4) is 0 Å². The molecule has 1 atom stereocenters. The number of carbonyl (C=O) groups excluding carboxylic acids is 1. The summed E-state index contributed by atoms with van der Waals surface area (Å²) < 4.78 is 0. The summed E-state index contributed by atoms with van der Waals surface area (Å²) in [5, 5.41) is 6.56. The van der Waals surface area contributed by atoms with Crippen molar-refractivity contribution in [1.82, 2.24) is 10.6 Å². The van der Waals surface area contributed by atoms with Crippen LogP contribution in [-0.4, -0.2) is 25.0 Å². The summed E-state index contributed by atoms with van der Waals surface area (Å²) in [6.45, 7) is 6.54. The van der Waals surface area contributed by atoms with Gasteiger partial charge in [0.2, 0.25) is 5.91 Å². The van der Waals surface area contributed by atoms with Crippen LogP contribution in [-0.2, 0) is 4.79 Å². The highest BCUT2D eigenvalue weighted by Crippen LogP contribution is 2.45. The normalized spacial score (nSPS) is 24.7. The first-order chi connectivity index (χ1) is 8.60. The quantitative estimate of drug-likeness (QED) is 0.789. The summed E-state index contributed by atoms with van der Waals surface area (Å²) in [5.41, 5.74) is 0.424. The number of hydrogen-bond acceptors (Lipinski definition) is 2. The van der Waals surface area contributed by atoms with E-state index in [1.165, 1.54) is 32.1 Å². The number of rotatable bonds is 6. The van der Waals surface area contributed by atoms with E-state index in [1.54, 1.807) is 0 Å². The smallest absolute Gasteiger partial charge is 0.221 e. The van der Waals surface area contributed by atoms with Gasteiger partial charge in [-0.15, -0.1) is 12.4 Å². The zero-order valence-corrected chi connectivity index (χ0v) is 13.2. The molecule has 2 aliphatic rings. The fourth-order valence-corrected chi connectivity index (χ4v) is 3.51. The minimum absolute atomic E-state index is 0. The van der Waals surface area contributed by atoms with Crippen molar-refractivity contribution in [2.75, 3.05) is 13.1 Å². The molecule has 0 radical (unpaired) electrons. The molecule has 2 N–H and O–H groups in total. The Hall–Kier alpha value is -0.280. The number of amides is 1. The summed E-state index contributed by atoms with van der Waals surface area (Å²) in [4.78, 5) is 11.9. The number of nitrogens with one attached hydrogen (secondary N) is 2. The fraction of sp³-hybridized carbons (Fsp3) is 0.933. The molecule has 0 aromatic carbocycles. The Morgan fingerprint density at radius 1 is 1.37 bits per heavy atom. The Balaban J connectivity index is 0.00000180. The van der Waals surface area contributed by atoms with Gasteiger partial charge in [0, 0.05) is 19.0 Å². The number of halogens is 1. The maximum absolute atomic E-state index is 11.9. The molecular formula is C15H29ClN2O. The molecule has 0 bridgehead atoms. The van der Waals surface area contributed by atoms with Crippen molar-refractivity contribution in [2.45, 2.75) is 64.8 Å². The minimum Gasteiger partial charge on any atom is -0.355 e. The molecule has 2 fully saturated rings. The predicted octanol–water partition coefficient (Wildman–Crippen LogP) is 2.88. The molecule has 1 saturated heterocycles. The van der Waals surface area contributed by atoms with Crippen LogP contribution < -0.4 is 10.6 Å². The molecule has 3 nitrogen and oxygen atoms in total. The topological polar surface area (TPSA) is 41.1 Å². The lowest BCUT2D eigenvalue weighted by Crippen LogP contribution is -2.44. The maximum atomic E-state index is 11.9. The van der Waals surface area contributed by atoms with E-state index >= 15 is 0 Å². The molecule has 19 heavy (non-hydrogen) atoms. The van der Waals surface area contributed by atoms with Crippen LogP contribution in [0.4, 0.5) is 0 Å². The zero-order valence-electron chi connectivity index (χ0n) is 12.3. The van der Waals surface area contributed by atoms with Crippen LogP contribution in [0.1, 0.15) is 58.8 Å². The van der Waals surface area contributed by atoms with Crippen molar-refractivity contribution in [1.29, 1.82) is 0 Å². The fourth-order valence-electron chi connectivity index (χ4n) is 3.51. The molecule has 112 valence electrons. The SMILES string of the molecule is CC(C)CC1(CNC(=O)CC2CCCN2)CCC1.Cl. The highest BCUT2D eigenvalue weighted by atomic mass is 35.5. The first kappa shape index (κ1) is 16.8. The monoisotopic (exact) mass is 288 g/mol. The summed E-state index contributed by atoms with van der Waals surface area (Å²) in [6.07, 6.45) is 8.24. The molecule has 2 rings (SSSR count). The van der Waals surface area contributed by atoms with Crippen LogP contribution in [0.25, 0.3) is 0 Å². The lowest BCUT2D eigenvalue weighted by Gasteiger charge is -2.43. The summed E-state index contributed by atoms with van der Waals surface area (Å²) >= 11 is 0. The van der Waals surface area contributed by atoms with E-state index < -0.39 is 0 Å². The van der Waals surface area contributed by atoms with Gasteiger partial charge < -0.3 is 10.6 Å². The number of carbonyl (C=O) groups is 1. The van der Waals surface area contributed by atoms with Gasteiger partial charge in [-0.25, -0.2) is 0 Å². The van der Waals surface area contributed by atoms with E-state index in [4.69, 9.17) is 0 Å². The summed E-state index contributed by atoms with van der Waals surface area (Å²) in [6, 6.07) is 0.424. The standard InChI is InChI=1S/C15H28N2O.ClH/c1-12(2)10-15(6-4-7-15)11-17-14(18)9-13-5-3-8-16-13;/h12-13,16H,3-11H2,1-2H3,(H,17,18);1H. The van der Waals surface area contributed by atoms with E-state index in [1.807, 2.05) is 0 Å². The van der Waals surface area contributed by atoms with E-state index in [9.17, 15) is 4.79 Å². The lowest BCUT2D eigenvalue weighted by atomic mass is 9.64. The molecule has 1 aliphatic heterocycles. The van der Waals surface area contributed by atoms with E-state index in [-0.39, 0.29) is 18.3 Å². The number of hydrogen-bond donors (Lipinski definition) is 2. The Kier molecular flexibility index (Phi) is 6.61. The third-order valence-corrected chi connectivity index (χ3v) is 4.51. The van der Waals surface area contributed by atoms with Gasteiger partial charge in [0.1, 0.15) is 0 Å². The Morgan fingerprint density at radius 2 is 2.11 bits per heavy atom. The van der Waals surface area contributed by atoms with Gasteiger partial charge in [0.05, 0.1) is 0 Å². The van der Waals surface area contributed by atoms with Crippen LogP contribution in [0.3, 0.4) is 0 Å². The molecule has 0 aromatic heterocycles. The van der Waals surface area contributed by atoms with Crippen molar-refractivity contribution >= 4 is 18.3 Å². The first-order valence-electron chi connectivity index (χ1n) is 7.60. The lowest BCUT2D eigenvalue weighted by molar-refractivity contribution is -0.122. The Labute approximate surface area is 123 Å². The van der Waals surface area contributed by atoms with Crippen molar-refractivity contribution in [3.63, 3.8) is 0 Å². The average Bonchev–Trinajstić information content (AvgIpc) is 2.74. The average molecular weight is 289 g/mol. The van der Waals surface area contributed by atoms with Crippen molar-refractivity contribution in [2.24, 2.45) is 11.3 Å². The largest absolute Gasteiger partial charge is 0.355 e. The van der Waals surface area contributed by atoms with Crippen molar-refractivity contribution in [3.05, 3.63) is 0 Å². The van der Waals surface area contributed by atoms with Gasteiger partial charge in [0.15, 0.2) is 0 Å². The third kappa shape index (κ3) is 4.96. The van der Waals surface area contributed by atoms with Crippen LogP contribution in [0.15, 0.2) is 0 Å². The minimum atomic E-state index is 0. The van der Waals surface area contributed by atoms with E-state index in [2.05, 4.69) is 24.5 Å². The van der Waals surface area contributed by atoms with Gasteiger partial charge in [0.25, 0.3) is 0 Å². The van der Waals surface area contributed by atoms with Crippen LogP contribution >= 0.6 is 12.4 Å². The van der Waals surface area contributed by atoms with Crippen LogP contribution in [0, 0.1) is 11.3 Å². The predicted molar refractivity (Wildman–Crippen MR) is 81.6 cm³/mol. The highest BCUT2D eigenvalue weighted by Gasteiger charge is 2.37. The second-order valence-corrected chi connectivity index (χ2v) is 6.73. The maximum Gasteiger partial charge on any atom is 0.221 e. The second-order valence-electron chi connectivity index (χ2n) is 6.73. The Bertz CT molecular complexity index is 284. The molecule has 1 saturated carbocycles. The second kappa shape index (κ2) is 7.49. The molecule has 1 aliphatic carbocycles. The molecule has 1 amide bonds.